The first kappa shape index (κ1) is 34.2. The second-order valence-electron chi connectivity index (χ2n) is 15.7. The van der Waals surface area contributed by atoms with E-state index in [9.17, 15) is 4.79 Å². The van der Waals surface area contributed by atoms with Crippen LogP contribution in [0.4, 0.5) is 22.7 Å². The molecule has 0 unspecified atom stereocenters. The first-order valence-electron chi connectivity index (χ1n) is 20.2. The molecule has 0 fully saturated rings. The molecule has 8 rings (SSSR count). The van der Waals surface area contributed by atoms with Gasteiger partial charge in [-0.25, -0.2) is 0 Å². The fourth-order valence-corrected chi connectivity index (χ4v) is 10.1. The summed E-state index contributed by atoms with van der Waals surface area (Å²) in [5.74, 6) is 2.34. The molecule has 7 heteroatoms. The Hall–Kier alpha value is -3.87. The molecule has 0 radical (unpaired) electrons. The van der Waals surface area contributed by atoms with E-state index < -0.39 is 0 Å². The third kappa shape index (κ3) is 6.02. The Labute approximate surface area is 305 Å². The molecule has 0 spiro atoms. The van der Waals surface area contributed by atoms with Crippen molar-refractivity contribution >= 4 is 28.7 Å². The van der Waals surface area contributed by atoms with Crippen LogP contribution >= 0.6 is 0 Å². The maximum absolute atomic E-state index is 12.2. The second kappa shape index (κ2) is 14.3. The van der Waals surface area contributed by atoms with Crippen molar-refractivity contribution in [2.45, 2.75) is 104 Å². The van der Waals surface area contributed by atoms with E-state index in [1.54, 1.807) is 0 Å². The summed E-state index contributed by atoms with van der Waals surface area (Å²) in [7, 11) is 4.37. The SMILES string of the molecule is CCCc1cc(N(CC)CCCC(=O)OCC)c(N(C)C)cc1C1c2cc3c4c(c2Oc2c1cc1c5c2CCCN5CCC1)CCCN4CCC3. The van der Waals surface area contributed by atoms with E-state index >= 15 is 0 Å². The van der Waals surface area contributed by atoms with E-state index in [4.69, 9.17) is 9.47 Å². The standard InChI is InChI=1S/C44H58N4O3/c1-6-14-29-27-38(46(7-2)20-13-19-39(49)50-8-3)37(45(4)5)28-34(29)40-35-25-30-15-9-21-47-23-11-17-32(41(30)47)43(35)51-44-33-18-12-24-48-22-10-16-31(42(33)48)26-36(40)44/h25-28,40H,6-24H2,1-5H3. The minimum Gasteiger partial charge on any atom is -0.466 e. The molecule has 0 aromatic heterocycles. The van der Waals surface area contributed by atoms with Gasteiger partial charge in [0.1, 0.15) is 11.5 Å². The Balaban J connectivity index is 1.33. The molecule has 0 N–H and O–H groups in total. The van der Waals surface area contributed by atoms with Gasteiger partial charge in [0.05, 0.1) is 18.0 Å². The van der Waals surface area contributed by atoms with Gasteiger partial charge in [0.25, 0.3) is 0 Å². The van der Waals surface area contributed by atoms with Crippen LogP contribution in [0.2, 0.25) is 0 Å². The lowest BCUT2D eigenvalue weighted by Gasteiger charge is -2.43. The first-order chi connectivity index (χ1) is 24.9. The molecule has 51 heavy (non-hydrogen) atoms. The summed E-state index contributed by atoms with van der Waals surface area (Å²) in [5, 5.41) is 0. The van der Waals surface area contributed by atoms with E-state index in [1.807, 2.05) is 6.92 Å². The average molecular weight is 691 g/mol. The number of carbonyl (C=O) groups excluding carboxylic acids is 1. The highest BCUT2D eigenvalue weighted by Crippen LogP contribution is 2.58. The summed E-state index contributed by atoms with van der Waals surface area (Å²) in [6.07, 6.45) is 12.7. The minimum atomic E-state index is -0.103. The van der Waals surface area contributed by atoms with Gasteiger partial charge in [-0.3, -0.25) is 4.79 Å². The Morgan fingerprint density at radius 2 is 1.37 bits per heavy atom. The Morgan fingerprint density at radius 1 is 0.784 bits per heavy atom. The zero-order valence-corrected chi connectivity index (χ0v) is 31.8. The third-order valence-electron chi connectivity index (χ3n) is 12.2. The molecule has 272 valence electrons. The molecule has 5 heterocycles. The molecule has 0 amide bonds. The van der Waals surface area contributed by atoms with Gasteiger partial charge in [-0.15, -0.1) is 0 Å². The number of benzene rings is 3. The van der Waals surface area contributed by atoms with Crippen LogP contribution in [-0.2, 0) is 41.6 Å². The van der Waals surface area contributed by atoms with Crippen molar-refractivity contribution < 1.29 is 14.3 Å². The minimum absolute atomic E-state index is 0.103. The van der Waals surface area contributed by atoms with Gasteiger partial charge in [0, 0.05) is 99.3 Å². The van der Waals surface area contributed by atoms with Crippen molar-refractivity contribution in [3.63, 3.8) is 0 Å². The van der Waals surface area contributed by atoms with E-state index in [0.717, 1.165) is 95.7 Å². The molecule has 0 saturated carbocycles. The van der Waals surface area contributed by atoms with Crippen molar-refractivity contribution in [3.8, 4) is 11.5 Å². The molecule has 3 aromatic carbocycles. The van der Waals surface area contributed by atoms with Crippen LogP contribution in [0.15, 0.2) is 24.3 Å². The zero-order valence-electron chi connectivity index (χ0n) is 31.8. The quantitative estimate of drug-likeness (QED) is 0.146. The number of fused-ring (bicyclic) bond motifs is 4. The summed E-state index contributed by atoms with van der Waals surface area (Å²) < 4.78 is 12.7. The van der Waals surface area contributed by atoms with Crippen molar-refractivity contribution in [2.24, 2.45) is 0 Å². The van der Waals surface area contributed by atoms with E-state index in [-0.39, 0.29) is 11.9 Å². The summed E-state index contributed by atoms with van der Waals surface area (Å²) in [4.78, 5) is 22.3. The number of hydrogen-bond donors (Lipinski definition) is 0. The van der Waals surface area contributed by atoms with Crippen LogP contribution in [0, 0.1) is 0 Å². The molecule has 0 saturated heterocycles. The maximum atomic E-state index is 12.2. The normalized spacial score (nSPS) is 17.2. The Bertz CT molecular complexity index is 1730. The van der Waals surface area contributed by atoms with Crippen molar-refractivity contribution in [1.29, 1.82) is 0 Å². The predicted octanol–water partition coefficient (Wildman–Crippen LogP) is 8.56. The molecule has 5 aliphatic rings. The summed E-state index contributed by atoms with van der Waals surface area (Å²) in [5.41, 5.74) is 17.1. The number of esters is 1. The lowest BCUT2D eigenvalue weighted by atomic mass is 9.74. The number of rotatable bonds is 11. The summed E-state index contributed by atoms with van der Waals surface area (Å²) in [6.45, 7) is 13.2. The second-order valence-corrected chi connectivity index (χ2v) is 15.7. The molecular weight excluding hydrogens is 633 g/mol. The topological polar surface area (TPSA) is 48.5 Å². The molecule has 3 aromatic rings. The zero-order chi connectivity index (χ0) is 35.2. The van der Waals surface area contributed by atoms with Crippen LogP contribution in [0.3, 0.4) is 0 Å². The first-order valence-corrected chi connectivity index (χ1v) is 20.2. The number of ether oxygens (including phenoxy) is 2. The third-order valence-corrected chi connectivity index (χ3v) is 12.2. The summed E-state index contributed by atoms with van der Waals surface area (Å²) in [6, 6.07) is 10.2. The molecule has 0 aliphatic carbocycles. The molecule has 5 aliphatic heterocycles. The van der Waals surface area contributed by atoms with Gasteiger partial charge in [0.2, 0.25) is 0 Å². The van der Waals surface area contributed by atoms with Crippen molar-refractivity contribution in [3.05, 3.63) is 68.8 Å². The lowest BCUT2D eigenvalue weighted by molar-refractivity contribution is -0.143. The molecule has 0 bridgehead atoms. The Kier molecular flexibility index (Phi) is 9.58. The van der Waals surface area contributed by atoms with Crippen LogP contribution in [0.25, 0.3) is 0 Å². The highest BCUT2D eigenvalue weighted by molar-refractivity contribution is 5.80. The average Bonchev–Trinajstić information content (AvgIpc) is 3.13. The highest BCUT2D eigenvalue weighted by atomic mass is 16.5. The smallest absolute Gasteiger partial charge is 0.305 e. The van der Waals surface area contributed by atoms with Crippen LogP contribution in [0.5, 0.6) is 11.5 Å². The summed E-state index contributed by atoms with van der Waals surface area (Å²) >= 11 is 0. The van der Waals surface area contributed by atoms with Gasteiger partial charge in [-0.1, -0.05) is 13.3 Å². The van der Waals surface area contributed by atoms with Gasteiger partial charge >= 0.3 is 5.97 Å². The Morgan fingerprint density at radius 3 is 1.90 bits per heavy atom. The maximum Gasteiger partial charge on any atom is 0.305 e. The number of anilines is 4. The predicted molar refractivity (Wildman–Crippen MR) is 210 cm³/mol. The van der Waals surface area contributed by atoms with Crippen LogP contribution < -0.4 is 24.3 Å². The number of carbonyl (C=O) groups is 1. The van der Waals surface area contributed by atoms with Gasteiger partial charge in [-0.2, -0.15) is 0 Å². The van der Waals surface area contributed by atoms with Gasteiger partial charge in [-0.05, 0) is 125 Å². The number of aryl methyl sites for hydroxylation is 3. The largest absolute Gasteiger partial charge is 0.466 e. The van der Waals surface area contributed by atoms with Crippen molar-refractivity contribution in [2.75, 3.05) is 79.6 Å². The fourth-order valence-electron chi connectivity index (χ4n) is 10.1. The van der Waals surface area contributed by atoms with Gasteiger partial charge in [0.15, 0.2) is 0 Å². The van der Waals surface area contributed by atoms with Gasteiger partial charge < -0.3 is 29.1 Å². The monoisotopic (exact) mass is 690 g/mol. The highest BCUT2D eigenvalue weighted by Gasteiger charge is 2.40. The fraction of sp³-hybridized carbons (Fsp3) is 0.568. The number of nitrogens with zero attached hydrogens (tertiary/aromatic N) is 4. The van der Waals surface area contributed by atoms with Crippen molar-refractivity contribution in [1.82, 2.24) is 0 Å². The van der Waals surface area contributed by atoms with Crippen LogP contribution in [0.1, 0.15) is 116 Å². The van der Waals surface area contributed by atoms with E-state index in [1.165, 1.54) is 92.9 Å². The molecule has 7 nitrogen and oxygen atoms in total. The number of hydrogen-bond acceptors (Lipinski definition) is 7. The molecule has 0 atom stereocenters. The van der Waals surface area contributed by atoms with Crippen LogP contribution in [-0.4, -0.2) is 65.9 Å². The van der Waals surface area contributed by atoms with E-state index in [2.05, 4.69) is 71.8 Å². The lowest BCUT2D eigenvalue weighted by Crippen LogP contribution is -2.36. The molecular formula is C44H58N4O3. The van der Waals surface area contributed by atoms with E-state index in [0.29, 0.717) is 13.0 Å².